The van der Waals surface area contributed by atoms with Crippen LogP contribution >= 0.6 is 0 Å². The van der Waals surface area contributed by atoms with Crippen LogP contribution in [-0.4, -0.2) is 29.6 Å². The molecular weight excluding hydrogens is 188 g/mol. The third kappa shape index (κ3) is 2.65. The predicted octanol–water partition coefficient (Wildman–Crippen LogP) is 1.19. The van der Waals surface area contributed by atoms with Gasteiger partial charge in [0.05, 0.1) is 0 Å². The molecule has 1 aliphatic heterocycles. The van der Waals surface area contributed by atoms with E-state index in [4.69, 9.17) is 0 Å². The maximum Gasteiger partial charge on any atom is 0.225 e. The van der Waals surface area contributed by atoms with Gasteiger partial charge in [0.1, 0.15) is 0 Å². The number of hydrogen-bond donors (Lipinski definition) is 1. The molecule has 1 aliphatic rings. The van der Waals surface area contributed by atoms with Crippen molar-refractivity contribution >= 4 is 5.95 Å². The van der Waals surface area contributed by atoms with Gasteiger partial charge in [0.2, 0.25) is 5.95 Å². The van der Waals surface area contributed by atoms with Crippen molar-refractivity contribution < 1.29 is 0 Å². The highest BCUT2D eigenvalue weighted by Crippen LogP contribution is 2.14. The summed E-state index contributed by atoms with van der Waals surface area (Å²) in [5, 5.41) is 3.26. The quantitative estimate of drug-likeness (QED) is 0.803. The molecule has 0 saturated carbocycles. The molecule has 4 nitrogen and oxygen atoms in total. The standard InChI is InChI=1S/C11H18N4/c1-2-12-7-10-8-13-11(14-9-10)15-5-3-4-6-15/h8-9,12H,2-7H2,1H3. The van der Waals surface area contributed by atoms with Crippen LogP contribution in [0.5, 0.6) is 0 Å². The summed E-state index contributed by atoms with van der Waals surface area (Å²) < 4.78 is 0. The maximum atomic E-state index is 4.39. The molecule has 82 valence electrons. The number of anilines is 1. The van der Waals surface area contributed by atoms with Crippen LogP contribution in [0.3, 0.4) is 0 Å². The molecule has 4 heteroatoms. The van der Waals surface area contributed by atoms with E-state index in [0.29, 0.717) is 0 Å². The first-order valence-electron chi connectivity index (χ1n) is 5.66. The number of aromatic nitrogens is 2. The monoisotopic (exact) mass is 206 g/mol. The molecular formula is C11H18N4. The van der Waals surface area contributed by atoms with Crippen LogP contribution in [-0.2, 0) is 6.54 Å². The number of nitrogens with zero attached hydrogens (tertiary/aromatic N) is 3. The van der Waals surface area contributed by atoms with Crippen LogP contribution in [0.1, 0.15) is 25.3 Å². The first-order chi connectivity index (χ1) is 7.40. The van der Waals surface area contributed by atoms with Gasteiger partial charge in [-0.15, -0.1) is 0 Å². The molecule has 2 heterocycles. The smallest absolute Gasteiger partial charge is 0.225 e. The van der Waals surface area contributed by atoms with E-state index in [0.717, 1.165) is 37.7 Å². The summed E-state index contributed by atoms with van der Waals surface area (Å²) in [5.41, 5.74) is 1.15. The van der Waals surface area contributed by atoms with Gasteiger partial charge in [0, 0.05) is 37.6 Å². The molecule has 2 rings (SSSR count). The van der Waals surface area contributed by atoms with E-state index >= 15 is 0 Å². The summed E-state index contributed by atoms with van der Waals surface area (Å²) in [6, 6.07) is 0. The van der Waals surface area contributed by atoms with Gasteiger partial charge in [-0.25, -0.2) is 9.97 Å². The van der Waals surface area contributed by atoms with Crippen LogP contribution in [0.15, 0.2) is 12.4 Å². The minimum absolute atomic E-state index is 0.858. The SMILES string of the molecule is CCNCc1cnc(N2CCCC2)nc1. The Hall–Kier alpha value is -1.16. The Morgan fingerprint density at radius 3 is 2.53 bits per heavy atom. The summed E-state index contributed by atoms with van der Waals surface area (Å²) in [4.78, 5) is 11.0. The first-order valence-corrected chi connectivity index (χ1v) is 5.66. The van der Waals surface area contributed by atoms with Crippen LogP contribution in [0.2, 0.25) is 0 Å². The summed E-state index contributed by atoms with van der Waals surface area (Å²) in [7, 11) is 0. The number of nitrogens with one attached hydrogen (secondary N) is 1. The largest absolute Gasteiger partial charge is 0.341 e. The van der Waals surface area contributed by atoms with Crippen molar-refractivity contribution in [2.45, 2.75) is 26.3 Å². The summed E-state index contributed by atoms with van der Waals surface area (Å²) in [5.74, 6) is 0.882. The van der Waals surface area contributed by atoms with Gasteiger partial charge in [-0.05, 0) is 19.4 Å². The molecule has 0 aliphatic carbocycles. The Bertz CT molecular complexity index is 290. The van der Waals surface area contributed by atoms with Crippen LogP contribution in [0.4, 0.5) is 5.95 Å². The minimum Gasteiger partial charge on any atom is -0.341 e. The van der Waals surface area contributed by atoms with Crippen LogP contribution < -0.4 is 10.2 Å². The molecule has 0 unspecified atom stereocenters. The Morgan fingerprint density at radius 2 is 1.93 bits per heavy atom. The second-order valence-electron chi connectivity index (χ2n) is 3.87. The lowest BCUT2D eigenvalue weighted by atomic mass is 10.3. The molecule has 1 N–H and O–H groups in total. The second kappa shape index (κ2) is 5.07. The van der Waals surface area contributed by atoms with Gasteiger partial charge in [-0.1, -0.05) is 6.92 Å². The van der Waals surface area contributed by atoms with Crippen LogP contribution in [0.25, 0.3) is 0 Å². The molecule has 0 spiro atoms. The fraction of sp³-hybridized carbons (Fsp3) is 0.636. The zero-order valence-electron chi connectivity index (χ0n) is 9.24. The van der Waals surface area contributed by atoms with Gasteiger partial charge in [-0.3, -0.25) is 0 Å². The zero-order chi connectivity index (χ0) is 10.5. The summed E-state index contributed by atoms with van der Waals surface area (Å²) in [6.45, 7) is 6.14. The maximum absolute atomic E-state index is 4.39. The highest BCUT2D eigenvalue weighted by Gasteiger charge is 2.13. The molecule has 1 fully saturated rings. The Kier molecular flexibility index (Phi) is 3.50. The molecule has 0 radical (unpaired) electrons. The van der Waals surface area contributed by atoms with Crippen molar-refractivity contribution in [3.05, 3.63) is 18.0 Å². The zero-order valence-corrected chi connectivity index (χ0v) is 9.24. The van der Waals surface area contributed by atoms with E-state index < -0.39 is 0 Å². The fourth-order valence-electron chi connectivity index (χ4n) is 1.79. The lowest BCUT2D eigenvalue weighted by Gasteiger charge is -2.14. The van der Waals surface area contributed by atoms with Crippen molar-refractivity contribution in [1.82, 2.24) is 15.3 Å². The Labute approximate surface area is 90.7 Å². The molecule has 1 aromatic heterocycles. The van der Waals surface area contributed by atoms with Gasteiger partial charge >= 0.3 is 0 Å². The van der Waals surface area contributed by atoms with Crippen molar-refractivity contribution in [3.63, 3.8) is 0 Å². The normalized spacial score (nSPS) is 15.9. The van der Waals surface area contributed by atoms with Crippen LogP contribution in [0, 0.1) is 0 Å². The van der Waals surface area contributed by atoms with Crippen molar-refractivity contribution in [1.29, 1.82) is 0 Å². The fourth-order valence-corrected chi connectivity index (χ4v) is 1.79. The van der Waals surface area contributed by atoms with Gasteiger partial charge in [0.25, 0.3) is 0 Å². The predicted molar refractivity (Wildman–Crippen MR) is 60.9 cm³/mol. The van der Waals surface area contributed by atoms with E-state index in [-0.39, 0.29) is 0 Å². The average Bonchev–Trinajstić information content (AvgIpc) is 2.80. The first kappa shape index (κ1) is 10.4. The minimum atomic E-state index is 0.858. The Balaban J connectivity index is 1.96. The number of hydrogen-bond acceptors (Lipinski definition) is 4. The molecule has 0 aromatic carbocycles. The summed E-state index contributed by atoms with van der Waals surface area (Å²) in [6.07, 6.45) is 6.37. The molecule has 0 atom stereocenters. The number of rotatable bonds is 4. The van der Waals surface area contributed by atoms with E-state index in [9.17, 15) is 0 Å². The van der Waals surface area contributed by atoms with Gasteiger partial charge < -0.3 is 10.2 Å². The highest BCUT2D eigenvalue weighted by atomic mass is 15.3. The van der Waals surface area contributed by atoms with Crippen molar-refractivity contribution in [3.8, 4) is 0 Å². The van der Waals surface area contributed by atoms with E-state index in [1.165, 1.54) is 12.8 Å². The van der Waals surface area contributed by atoms with E-state index in [1.807, 2.05) is 12.4 Å². The molecule has 1 aromatic rings. The second-order valence-corrected chi connectivity index (χ2v) is 3.87. The molecule has 1 saturated heterocycles. The summed E-state index contributed by atoms with van der Waals surface area (Å²) >= 11 is 0. The van der Waals surface area contributed by atoms with Gasteiger partial charge in [-0.2, -0.15) is 0 Å². The molecule has 0 bridgehead atoms. The Morgan fingerprint density at radius 1 is 1.27 bits per heavy atom. The lowest BCUT2D eigenvalue weighted by Crippen LogP contribution is -2.20. The topological polar surface area (TPSA) is 41.1 Å². The van der Waals surface area contributed by atoms with E-state index in [2.05, 4.69) is 27.1 Å². The molecule has 15 heavy (non-hydrogen) atoms. The van der Waals surface area contributed by atoms with E-state index in [1.54, 1.807) is 0 Å². The third-order valence-corrected chi connectivity index (χ3v) is 2.66. The molecule has 0 amide bonds. The average molecular weight is 206 g/mol. The van der Waals surface area contributed by atoms with Gasteiger partial charge in [0.15, 0.2) is 0 Å². The van der Waals surface area contributed by atoms with Crippen molar-refractivity contribution in [2.75, 3.05) is 24.5 Å². The highest BCUT2D eigenvalue weighted by molar-refractivity contribution is 5.30. The lowest BCUT2D eigenvalue weighted by molar-refractivity contribution is 0.720. The third-order valence-electron chi connectivity index (χ3n) is 2.66. The van der Waals surface area contributed by atoms with Crippen molar-refractivity contribution in [2.24, 2.45) is 0 Å².